The van der Waals surface area contributed by atoms with Crippen molar-refractivity contribution >= 4 is 40.0 Å². The summed E-state index contributed by atoms with van der Waals surface area (Å²) in [6, 6.07) is 5.82. The van der Waals surface area contributed by atoms with Gasteiger partial charge in [-0.3, -0.25) is 15.6 Å². The lowest BCUT2D eigenvalue weighted by Crippen LogP contribution is -2.30. The van der Waals surface area contributed by atoms with Crippen molar-refractivity contribution in [3.05, 3.63) is 46.2 Å². The Labute approximate surface area is 179 Å². The van der Waals surface area contributed by atoms with Crippen LogP contribution in [0.4, 0.5) is 5.69 Å². The first-order chi connectivity index (χ1) is 14.0. The van der Waals surface area contributed by atoms with Gasteiger partial charge < -0.3 is 15.8 Å². The number of amidine groups is 1. The Morgan fingerprint density at radius 3 is 2.67 bits per heavy atom. The molecule has 7 nitrogen and oxygen atoms in total. The van der Waals surface area contributed by atoms with Crippen LogP contribution in [0.3, 0.4) is 0 Å². The van der Waals surface area contributed by atoms with E-state index in [1.54, 1.807) is 20.8 Å². The lowest BCUT2D eigenvalue weighted by Gasteiger charge is -2.23. The molecular formula is C22H28N4O3S. The van der Waals surface area contributed by atoms with Crippen LogP contribution in [0.15, 0.2) is 45.6 Å². The number of amides is 1. The van der Waals surface area contributed by atoms with Crippen molar-refractivity contribution < 1.29 is 14.3 Å². The van der Waals surface area contributed by atoms with Crippen LogP contribution in [0.25, 0.3) is 0 Å². The van der Waals surface area contributed by atoms with E-state index >= 15 is 0 Å². The molecule has 3 unspecified atom stereocenters. The summed E-state index contributed by atoms with van der Waals surface area (Å²) in [5, 5.41) is 20.8. The number of esters is 1. The molecule has 1 aromatic carbocycles. The van der Waals surface area contributed by atoms with Gasteiger partial charge in [0.05, 0.1) is 5.92 Å². The number of rotatable bonds is 6. The number of nitrogens with two attached hydrogens (primary N) is 1. The van der Waals surface area contributed by atoms with Crippen LogP contribution in [0.1, 0.15) is 45.6 Å². The maximum Gasteiger partial charge on any atom is 0.352 e. The van der Waals surface area contributed by atoms with E-state index in [0.717, 1.165) is 21.1 Å². The molecule has 30 heavy (non-hydrogen) atoms. The van der Waals surface area contributed by atoms with E-state index in [1.807, 2.05) is 42.7 Å². The van der Waals surface area contributed by atoms with Crippen molar-refractivity contribution in [3.63, 3.8) is 0 Å². The number of nitrogens with one attached hydrogen (secondary N) is 3. The van der Waals surface area contributed by atoms with E-state index in [-0.39, 0.29) is 29.8 Å². The monoisotopic (exact) mass is 428 g/mol. The molecule has 0 radical (unpaired) electrons. The van der Waals surface area contributed by atoms with E-state index in [0.29, 0.717) is 0 Å². The average Bonchev–Trinajstić information content (AvgIpc) is 3.23. The van der Waals surface area contributed by atoms with Gasteiger partial charge in [0.25, 0.3) is 0 Å². The first kappa shape index (κ1) is 21.8. The zero-order chi connectivity index (χ0) is 22.2. The highest BCUT2D eigenvalue weighted by molar-refractivity contribution is 8.23. The quantitative estimate of drug-likeness (QED) is 0.204. The van der Waals surface area contributed by atoms with Gasteiger partial charge in [0.1, 0.15) is 17.1 Å². The standard InChI is InChI=1S/C22H28N4O3S/c1-12(10-15(23)21(28)29-22(2,3)4)18-14-11-13(7-8-16(14)26-20(18)27)30-9-5-6-17(30)19(24)25/h5-9,11-12,18,23,30H,10H2,1-4H3,(H3,24,25)(H,26,27). The van der Waals surface area contributed by atoms with Gasteiger partial charge in [-0.05, 0) is 73.3 Å². The number of ether oxygens (including phenoxy) is 1. The lowest BCUT2D eigenvalue weighted by molar-refractivity contribution is -0.146. The van der Waals surface area contributed by atoms with Crippen molar-refractivity contribution in [1.29, 1.82) is 10.8 Å². The highest BCUT2D eigenvalue weighted by atomic mass is 32.2. The minimum Gasteiger partial charge on any atom is -0.456 e. The minimum atomic E-state index is -0.869. The summed E-state index contributed by atoms with van der Waals surface area (Å²) in [5.74, 6) is -1.46. The second-order valence-corrected chi connectivity index (χ2v) is 10.6. The van der Waals surface area contributed by atoms with Crippen LogP contribution in [0.5, 0.6) is 0 Å². The molecule has 0 aliphatic carbocycles. The van der Waals surface area contributed by atoms with Crippen LogP contribution in [0.2, 0.25) is 0 Å². The molecule has 2 aliphatic rings. The third kappa shape index (κ3) is 4.48. The third-order valence-corrected chi connectivity index (χ3v) is 7.17. The Morgan fingerprint density at radius 1 is 1.33 bits per heavy atom. The molecule has 0 spiro atoms. The van der Waals surface area contributed by atoms with Gasteiger partial charge in [-0.2, -0.15) is 10.9 Å². The van der Waals surface area contributed by atoms with Gasteiger partial charge in [0.2, 0.25) is 5.91 Å². The molecule has 0 fully saturated rings. The summed E-state index contributed by atoms with van der Waals surface area (Å²) in [6.07, 6.45) is 3.90. The van der Waals surface area contributed by atoms with Gasteiger partial charge >= 0.3 is 5.97 Å². The van der Waals surface area contributed by atoms with Gasteiger partial charge in [-0.1, -0.05) is 13.0 Å². The number of hydrogen-bond acceptors (Lipinski definition) is 5. The molecule has 0 saturated heterocycles. The molecule has 1 aromatic rings. The van der Waals surface area contributed by atoms with Gasteiger partial charge in [-0.25, -0.2) is 4.79 Å². The number of hydrogen-bond donors (Lipinski definition) is 5. The topological polar surface area (TPSA) is 129 Å². The largest absolute Gasteiger partial charge is 0.456 e. The van der Waals surface area contributed by atoms with Crippen LogP contribution < -0.4 is 11.1 Å². The highest BCUT2D eigenvalue weighted by Gasteiger charge is 2.36. The van der Waals surface area contributed by atoms with Crippen LogP contribution >= 0.6 is 10.9 Å². The smallest absolute Gasteiger partial charge is 0.352 e. The maximum absolute atomic E-state index is 12.7. The van der Waals surface area contributed by atoms with E-state index in [4.69, 9.17) is 21.3 Å². The summed E-state index contributed by atoms with van der Waals surface area (Å²) >= 11 is 0. The molecule has 160 valence electrons. The van der Waals surface area contributed by atoms with E-state index in [1.165, 1.54) is 0 Å². The van der Waals surface area contributed by atoms with Crippen molar-refractivity contribution in [1.82, 2.24) is 0 Å². The molecule has 2 heterocycles. The molecule has 0 aromatic heterocycles. The predicted octanol–water partition coefficient (Wildman–Crippen LogP) is 3.82. The second-order valence-electron chi connectivity index (χ2n) is 8.58. The van der Waals surface area contributed by atoms with Crippen molar-refractivity contribution in [2.45, 2.75) is 50.5 Å². The lowest BCUT2D eigenvalue weighted by atomic mass is 9.85. The Kier molecular flexibility index (Phi) is 5.90. The zero-order valence-corrected chi connectivity index (χ0v) is 18.5. The molecule has 2 aliphatic heterocycles. The highest BCUT2D eigenvalue weighted by Crippen LogP contribution is 2.50. The Balaban J connectivity index is 1.82. The Hall–Kier alpha value is -2.87. The fraction of sp³-hybridized carbons (Fsp3) is 0.364. The number of benzene rings is 1. The van der Waals surface area contributed by atoms with Crippen LogP contribution in [-0.4, -0.2) is 29.0 Å². The number of fused-ring (bicyclic) bond motifs is 1. The second kappa shape index (κ2) is 8.10. The first-order valence-electron chi connectivity index (χ1n) is 9.75. The first-order valence-corrected chi connectivity index (χ1v) is 11.2. The zero-order valence-electron chi connectivity index (χ0n) is 17.6. The Morgan fingerprint density at radius 2 is 2.03 bits per heavy atom. The molecular weight excluding hydrogens is 400 g/mol. The van der Waals surface area contributed by atoms with Gasteiger partial charge in [0, 0.05) is 10.6 Å². The number of carbonyl (C=O) groups is 2. The summed E-state index contributed by atoms with van der Waals surface area (Å²) in [7, 11) is -0.869. The summed E-state index contributed by atoms with van der Waals surface area (Å²) in [4.78, 5) is 26.7. The molecule has 8 heteroatoms. The van der Waals surface area contributed by atoms with Crippen molar-refractivity contribution in [2.24, 2.45) is 11.7 Å². The number of thiol groups is 1. The fourth-order valence-electron chi connectivity index (χ4n) is 3.68. The normalized spacial score (nSPS) is 22.1. The predicted molar refractivity (Wildman–Crippen MR) is 122 cm³/mol. The summed E-state index contributed by atoms with van der Waals surface area (Å²) in [5.41, 5.74) is 6.51. The van der Waals surface area contributed by atoms with Gasteiger partial charge in [0.15, 0.2) is 0 Å². The van der Waals surface area contributed by atoms with E-state index in [2.05, 4.69) is 5.32 Å². The molecule has 3 rings (SSSR count). The summed E-state index contributed by atoms with van der Waals surface area (Å²) < 4.78 is 5.27. The molecule has 1 amide bonds. The number of allylic oxidation sites excluding steroid dienone is 2. The molecule has 5 N–H and O–H groups in total. The molecule has 0 bridgehead atoms. The number of carbonyl (C=O) groups excluding carboxylic acids is 2. The molecule has 0 saturated carbocycles. The Bertz CT molecular complexity index is 991. The maximum atomic E-state index is 12.7. The van der Waals surface area contributed by atoms with Crippen molar-refractivity contribution in [3.8, 4) is 0 Å². The molecule has 3 atom stereocenters. The fourth-order valence-corrected chi connectivity index (χ4v) is 5.56. The van der Waals surface area contributed by atoms with E-state index < -0.39 is 28.4 Å². The van der Waals surface area contributed by atoms with Crippen LogP contribution in [0, 0.1) is 16.7 Å². The number of anilines is 1. The minimum absolute atomic E-state index is 0.0523. The third-order valence-electron chi connectivity index (χ3n) is 4.95. The SMILES string of the molecule is CC(CC(=N)C(=O)OC(C)(C)C)C1C(=O)Nc2ccc([SH]3C=CC=C3C(=N)N)cc21. The average molecular weight is 429 g/mol. The van der Waals surface area contributed by atoms with E-state index in [9.17, 15) is 9.59 Å². The van der Waals surface area contributed by atoms with Crippen LogP contribution in [-0.2, 0) is 14.3 Å². The van der Waals surface area contributed by atoms with Gasteiger partial charge in [-0.15, -0.1) is 0 Å². The van der Waals surface area contributed by atoms with Crippen molar-refractivity contribution in [2.75, 3.05) is 5.32 Å². The summed E-state index contributed by atoms with van der Waals surface area (Å²) in [6.45, 7) is 7.14.